The molecule has 0 radical (unpaired) electrons. The van der Waals surface area contributed by atoms with E-state index in [2.05, 4.69) is 0 Å². The molecule has 1 aromatic heterocycles. The number of carbonyl (C=O) groups is 2. The van der Waals surface area contributed by atoms with Crippen molar-refractivity contribution in [2.24, 2.45) is 0 Å². The number of rotatable bonds is 7. The molecule has 6 nitrogen and oxygen atoms in total. The number of hydrogen-bond acceptors (Lipinski definition) is 5. The van der Waals surface area contributed by atoms with Gasteiger partial charge in [0.1, 0.15) is 11.5 Å². The van der Waals surface area contributed by atoms with Gasteiger partial charge in [-0.15, -0.1) is 0 Å². The summed E-state index contributed by atoms with van der Waals surface area (Å²) in [6, 6.07) is 24.1. The van der Waals surface area contributed by atoms with E-state index in [0.717, 1.165) is 11.1 Å². The van der Waals surface area contributed by atoms with Crippen LogP contribution in [-0.2, 0) is 11.2 Å². The Morgan fingerprint density at radius 1 is 0.882 bits per heavy atom. The molecule has 0 unspecified atom stereocenters. The highest BCUT2D eigenvalue weighted by Gasteiger charge is 2.20. The van der Waals surface area contributed by atoms with Gasteiger partial charge in [-0.25, -0.2) is 0 Å². The van der Waals surface area contributed by atoms with E-state index in [1.165, 1.54) is 36.1 Å². The molecule has 34 heavy (non-hydrogen) atoms. The number of carbonyl (C=O) groups excluding carboxylic acids is 2. The van der Waals surface area contributed by atoms with E-state index in [9.17, 15) is 14.4 Å². The van der Waals surface area contributed by atoms with Crippen LogP contribution >= 0.6 is 0 Å². The van der Waals surface area contributed by atoms with Gasteiger partial charge < -0.3 is 9.47 Å². The van der Waals surface area contributed by atoms with Crippen molar-refractivity contribution in [3.63, 3.8) is 0 Å². The first-order valence-electron chi connectivity index (χ1n) is 10.7. The van der Waals surface area contributed by atoms with Gasteiger partial charge in [-0.1, -0.05) is 48.5 Å². The molecular formula is C28H23NO5. The highest BCUT2D eigenvalue weighted by atomic mass is 16.5. The second kappa shape index (κ2) is 10.0. The van der Waals surface area contributed by atoms with Crippen LogP contribution in [0.15, 0.2) is 95.9 Å². The summed E-state index contributed by atoms with van der Waals surface area (Å²) in [5.74, 6) is -0.339. The molecule has 0 amide bonds. The van der Waals surface area contributed by atoms with Crippen LogP contribution in [0.2, 0.25) is 0 Å². The number of benzene rings is 3. The largest absolute Gasteiger partial charge is 0.497 e. The lowest BCUT2D eigenvalue weighted by atomic mass is 10.0. The fourth-order valence-corrected chi connectivity index (χ4v) is 3.62. The Morgan fingerprint density at radius 3 is 2.35 bits per heavy atom. The van der Waals surface area contributed by atoms with Gasteiger partial charge in [0.2, 0.25) is 0 Å². The van der Waals surface area contributed by atoms with Crippen LogP contribution in [0.25, 0.3) is 5.69 Å². The zero-order chi connectivity index (χ0) is 24.1. The van der Waals surface area contributed by atoms with E-state index in [1.54, 1.807) is 12.1 Å². The summed E-state index contributed by atoms with van der Waals surface area (Å²) in [7, 11) is 1.49. The van der Waals surface area contributed by atoms with Crippen molar-refractivity contribution in [3.05, 3.63) is 124 Å². The summed E-state index contributed by atoms with van der Waals surface area (Å²) < 4.78 is 12.3. The van der Waals surface area contributed by atoms with Gasteiger partial charge in [0.15, 0.2) is 5.78 Å². The van der Waals surface area contributed by atoms with E-state index in [0.29, 0.717) is 11.4 Å². The predicted molar refractivity (Wildman–Crippen MR) is 129 cm³/mol. The minimum atomic E-state index is -0.501. The summed E-state index contributed by atoms with van der Waals surface area (Å²) >= 11 is 0. The van der Waals surface area contributed by atoms with Crippen molar-refractivity contribution in [1.82, 2.24) is 4.57 Å². The van der Waals surface area contributed by atoms with E-state index in [1.807, 2.05) is 61.5 Å². The molecule has 4 rings (SSSR count). The summed E-state index contributed by atoms with van der Waals surface area (Å²) in [6.45, 7) is 1.89. The second-order valence-corrected chi connectivity index (χ2v) is 7.74. The SMILES string of the molecule is COc1ccc(C(=O)c2ccc(=O)n(-c3ccccc3C)c2)c(OC(=O)Cc2ccccc2)c1. The average molecular weight is 453 g/mol. The molecule has 0 fully saturated rings. The molecule has 1 heterocycles. The van der Waals surface area contributed by atoms with Gasteiger partial charge in [-0.2, -0.15) is 0 Å². The fourth-order valence-electron chi connectivity index (χ4n) is 3.62. The van der Waals surface area contributed by atoms with Gasteiger partial charge in [0.25, 0.3) is 5.56 Å². The highest BCUT2D eigenvalue weighted by Crippen LogP contribution is 2.28. The number of ether oxygens (including phenoxy) is 2. The van der Waals surface area contributed by atoms with Crippen LogP contribution in [0, 0.1) is 6.92 Å². The highest BCUT2D eigenvalue weighted by molar-refractivity contribution is 6.11. The molecule has 0 aliphatic carbocycles. The van der Waals surface area contributed by atoms with Crippen molar-refractivity contribution in [2.75, 3.05) is 7.11 Å². The number of pyridine rings is 1. The summed E-state index contributed by atoms with van der Waals surface area (Å²) in [4.78, 5) is 38.6. The van der Waals surface area contributed by atoms with Gasteiger partial charge in [-0.3, -0.25) is 19.0 Å². The number of hydrogen-bond donors (Lipinski definition) is 0. The van der Waals surface area contributed by atoms with Crippen molar-refractivity contribution < 1.29 is 19.1 Å². The monoisotopic (exact) mass is 453 g/mol. The first kappa shape index (κ1) is 22.7. The second-order valence-electron chi connectivity index (χ2n) is 7.74. The minimum Gasteiger partial charge on any atom is -0.497 e. The molecule has 170 valence electrons. The number of esters is 1. The molecule has 0 aliphatic heterocycles. The lowest BCUT2D eigenvalue weighted by Gasteiger charge is -2.13. The lowest BCUT2D eigenvalue weighted by molar-refractivity contribution is -0.133. The number of para-hydroxylation sites is 1. The predicted octanol–water partition coefficient (Wildman–Crippen LogP) is 4.53. The Bertz CT molecular complexity index is 1410. The maximum absolute atomic E-state index is 13.4. The standard InChI is InChI=1S/C28H23NO5/c1-19-8-6-7-11-24(19)29-18-21(12-15-26(29)30)28(32)23-14-13-22(33-2)17-25(23)34-27(31)16-20-9-4-3-5-10-20/h3-15,17-18H,16H2,1-2H3. The third-order valence-electron chi connectivity index (χ3n) is 5.40. The maximum atomic E-state index is 13.4. The van der Waals surface area contributed by atoms with Gasteiger partial charge in [0, 0.05) is 23.9 Å². The molecule has 0 spiro atoms. The zero-order valence-electron chi connectivity index (χ0n) is 18.9. The first-order chi connectivity index (χ1) is 16.5. The van der Waals surface area contributed by atoms with Gasteiger partial charge >= 0.3 is 5.97 Å². The molecule has 6 heteroatoms. The Morgan fingerprint density at radius 2 is 1.62 bits per heavy atom. The van der Waals surface area contributed by atoms with Gasteiger partial charge in [-0.05, 0) is 42.3 Å². The lowest BCUT2D eigenvalue weighted by Crippen LogP contribution is -2.20. The molecule has 0 atom stereocenters. The topological polar surface area (TPSA) is 74.6 Å². The number of ketones is 1. The average Bonchev–Trinajstić information content (AvgIpc) is 2.85. The Hall–Kier alpha value is -4.45. The number of aryl methyl sites for hydroxylation is 1. The van der Waals surface area contributed by atoms with E-state index >= 15 is 0 Å². The van der Waals surface area contributed by atoms with Crippen molar-refractivity contribution in [3.8, 4) is 17.2 Å². The molecule has 0 bridgehead atoms. The van der Waals surface area contributed by atoms with Gasteiger partial charge in [0.05, 0.1) is 24.8 Å². The number of methoxy groups -OCH3 is 1. The Kier molecular flexibility index (Phi) is 6.69. The Labute approximate surface area is 197 Å². The Balaban J connectivity index is 1.68. The van der Waals surface area contributed by atoms with Crippen LogP contribution in [0.1, 0.15) is 27.0 Å². The summed E-state index contributed by atoms with van der Waals surface area (Å²) in [5, 5.41) is 0. The molecular weight excluding hydrogens is 430 g/mol. The smallest absolute Gasteiger partial charge is 0.315 e. The number of aromatic nitrogens is 1. The van der Waals surface area contributed by atoms with Crippen LogP contribution in [0.5, 0.6) is 11.5 Å². The van der Waals surface area contributed by atoms with Crippen LogP contribution in [0.3, 0.4) is 0 Å². The number of nitrogens with zero attached hydrogens (tertiary/aromatic N) is 1. The fraction of sp³-hybridized carbons (Fsp3) is 0.107. The maximum Gasteiger partial charge on any atom is 0.315 e. The van der Waals surface area contributed by atoms with Crippen molar-refractivity contribution in [1.29, 1.82) is 0 Å². The third kappa shape index (κ3) is 4.96. The van der Waals surface area contributed by atoms with Crippen molar-refractivity contribution in [2.45, 2.75) is 13.3 Å². The van der Waals surface area contributed by atoms with Crippen LogP contribution in [0.4, 0.5) is 0 Å². The third-order valence-corrected chi connectivity index (χ3v) is 5.40. The molecule has 0 aliphatic rings. The molecule has 0 saturated carbocycles. The molecule has 0 N–H and O–H groups in total. The van der Waals surface area contributed by atoms with Crippen molar-refractivity contribution >= 4 is 11.8 Å². The van der Waals surface area contributed by atoms with E-state index in [4.69, 9.17) is 9.47 Å². The summed E-state index contributed by atoms with van der Waals surface area (Å²) in [6.07, 6.45) is 1.57. The first-order valence-corrected chi connectivity index (χ1v) is 10.7. The zero-order valence-corrected chi connectivity index (χ0v) is 18.9. The normalized spacial score (nSPS) is 10.5. The van der Waals surface area contributed by atoms with E-state index < -0.39 is 5.97 Å². The molecule has 4 aromatic rings. The van der Waals surface area contributed by atoms with E-state index in [-0.39, 0.29) is 34.6 Å². The molecule has 0 saturated heterocycles. The van der Waals surface area contributed by atoms with Crippen LogP contribution in [-0.4, -0.2) is 23.4 Å². The minimum absolute atomic E-state index is 0.0594. The quantitative estimate of drug-likeness (QED) is 0.233. The molecule has 3 aromatic carbocycles. The van der Waals surface area contributed by atoms with Crippen LogP contribution < -0.4 is 15.0 Å². The summed E-state index contributed by atoms with van der Waals surface area (Å²) in [5.41, 5.74) is 2.61.